The van der Waals surface area contributed by atoms with Crippen LogP contribution < -0.4 is 16.0 Å². The van der Waals surface area contributed by atoms with Crippen molar-refractivity contribution in [2.75, 3.05) is 31.6 Å². The Kier molecular flexibility index (Phi) is 7.83. The minimum absolute atomic E-state index is 0.0585. The van der Waals surface area contributed by atoms with Crippen LogP contribution in [-0.2, 0) is 4.79 Å². The number of para-hydroxylation sites is 1. The van der Waals surface area contributed by atoms with Gasteiger partial charge in [0.05, 0.1) is 5.92 Å². The minimum atomic E-state index is -0.0585. The number of hydrogen-bond donors (Lipinski definition) is 2. The highest BCUT2D eigenvalue weighted by Gasteiger charge is 2.17. The zero-order valence-electron chi connectivity index (χ0n) is 13.5. The molecule has 0 heterocycles. The van der Waals surface area contributed by atoms with Crippen molar-refractivity contribution in [3.63, 3.8) is 0 Å². The molecule has 1 unspecified atom stereocenters. The van der Waals surface area contributed by atoms with Gasteiger partial charge in [0, 0.05) is 32.4 Å². The highest BCUT2D eigenvalue weighted by atomic mass is 16.1. The molecule has 1 atom stereocenters. The lowest BCUT2D eigenvalue weighted by molar-refractivity contribution is -0.125. The number of amides is 1. The third kappa shape index (κ3) is 6.63. The van der Waals surface area contributed by atoms with Gasteiger partial charge in [-0.15, -0.1) is 0 Å². The smallest absolute Gasteiger partial charge is 0.224 e. The Morgan fingerprint density at radius 2 is 1.95 bits per heavy atom. The first-order valence-electron chi connectivity index (χ1n) is 7.78. The molecule has 0 aromatic heterocycles. The monoisotopic (exact) mass is 291 g/mol. The van der Waals surface area contributed by atoms with Gasteiger partial charge in [-0.3, -0.25) is 4.79 Å². The molecular formula is C17H29N3O. The molecule has 1 rings (SSSR count). The van der Waals surface area contributed by atoms with E-state index >= 15 is 0 Å². The molecule has 1 amide bonds. The zero-order chi connectivity index (χ0) is 15.7. The fourth-order valence-corrected chi connectivity index (χ4v) is 2.36. The molecule has 0 spiro atoms. The van der Waals surface area contributed by atoms with Crippen LogP contribution in [0.5, 0.6) is 0 Å². The average Bonchev–Trinajstić information content (AvgIpc) is 2.49. The molecule has 0 bridgehead atoms. The van der Waals surface area contributed by atoms with Gasteiger partial charge in [-0.05, 0) is 30.9 Å². The Morgan fingerprint density at radius 3 is 2.52 bits per heavy atom. The van der Waals surface area contributed by atoms with E-state index in [0.717, 1.165) is 19.4 Å². The third-order valence-corrected chi connectivity index (χ3v) is 3.58. The van der Waals surface area contributed by atoms with Crippen molar-refractivity contribution in [2.45, 2.75) is 26.7 Å². The molecule has 4 heteroatoms. The number of hydrogen-bond acceptors (Lipinski definition) is 3. The van der Waals surface area contributed by atoms with Crippen LogP contribution in [-0.4, -0.2) is 32.6 Å². The second-order valence-electron chi connectivity index (χ2n) is 5.96. The quantitative estimate of drug-likeness (QED) is 0.686. The Bertz CT molecular complexity index is 406. The second-order valence-corrected chi connectivity index (χ2v) is 5.96. The molecule has 0 saturated carbocycles. The largest absolute Gasteiger partial charge is 0.375 e. The molecule has 0 aliphatic carbocycles. The molecule has 118 valence electrons. The van der Waals surface area contributed by atoms with Gasteiger partial charge >= 0.3 is 0 Å². The van der Waals surface area contributed by atoms with Crippen LogP contribution in [0.1, 0.15) is 26.7 Å². The maximum absolute atomic E-state index is 12.0. The molecule has 4 nitrogen and oxygen atoms in total. The van der Waals surface area contributed by atoms with E-state index in [9.17, 15) is 4.79 Å². The lowest BCUT2D eigenvalue weighted by Crippen LogP contribution is -2.37. The van der Waals surface area contributed by atoms with E-state index in [1.54, 1.807) is 0 Å². The number of nitrogens with zero attached hydrogens (tertiary/aromatic N) is 1. The first-order chi connectivity index (χ1) is 10.0. The van der Waals surface area contributed by atoms with Gasteiger partial charge < -0.3 is 16.0 Å². The lowest BCUT2D eigenvalue weighted by atomic mass is 9.96. The maximum Gasteiger partial charge on any atom is 0.224 e. The van der Waals surface area contributed by atoms with Gasteiger partial charge in [-0.25, -0.2) is 0 Å². The Balaban J connectivity index is 2.25. The first-order valence-corrected chi connectivity index (χ1v) is 7.78. The SMILES string of the molecule is CC(C)CC(CN)C(=O)NCCCN(C)c1ccccc1. The van der Waals surface area contributed by atoms with E-state index in [1.807, 2.05) is 18.2 Å². The van der Waals surface area contributed by atoms with E-state index < -0.39 is 0 Å². The highest BCUT2D eigenvalue weighted by molar-refractivity contribution is 5.78. The summed E-state index contributed by atoms with van der Waals surface area (Å²) in [5.74, 6) is 0.527. The molecule has 3 N–H and O–H groups in total. The fraction of sp³-hybridized carbons (Fsp3) is 0.588. The molecule has 0 saturated heterocycles. The van der Waals surface area contributed by atoms with Crippen molar-refractivity contribution >= 4 is 11.6 Å². The van der Waals surface area contributed by atoms with Crippen LogP contribution in [0.15, 0.2) is 30.3 Å². The van der Waals surface area contributed by atoms with Crippen molar-refractivity contribution < 1.29 is 4.79 Å². The van der Waals surface area contributed by atoms with E-state index in [-0.39, 0.29) is 11.8 Å². The summed E-state index contributed by atoms with van der Waals surface area (Å²) in [5, 5.41) is 3.00. The lowest BCUT2D eigenvalue weighted by Gasteiger charge is -2.20. The van der Waals surface area contributed by atoms with Crippen molar-refractivity contribution in [3.8, 4) is 0 Å². The number of carbonyl (C=O) groups is 1. The van der Waals surface area contributed by atoms with Gasteiger partial charge in [0.1, 0.15) is 0 Å². The van der Waals surface area contributed by atoms with Crippen molar-refractivity contribution in [1.29, 1.82) is 0 Å². The summed E-state index contributed by atoms with van der Waals surface area (Å²) >= 11 is 0. The van der Waals surface area contributed by atoms with Gasteiger partial charge in [0.25, 0.3) is 0 Å². The summed E-state index contributed by atoms with van der Waals surface area (Å²) in [5.41, 5.74) is 6.88. The Morgan fingerprint density at radius 1 is 1.29 bits per heavy atom. The zero-order valence-corrected chi connectivity index (χ0v) is 13.5. The van der Waals surface area contributed by atoms with Crippen LogP contribution in [0.25, 0.3) is 0 Å². The molecule has 0 fully saturated rings. The third-order valence-electron chi connectivity index (χ3n) is 3.58. The number of rotatable bonds is 9. The summed E-state index contributed by atoms with van der Waals surface area (Å²) in [6.45, 7) is 6.27. The second kappa shape index (κ2) is 9.40. The van der Waals surface area contributed by atoms with Gasteiger partial charge in [0.15, 0.2) is 0 Å². The predicted octanol–water partition coefficient (Wildman–Crippen LogP) is 2.25. The number of anilines is 1. The summed E-state index contributed by atoms with van der Waals surface area (Å²) in [4.78, 5) is 14.2. The summed E-state index contributed by atoms with van der Waals surface area (Å²) in [7, 11) is 2.07. The van der Waals surface area contributed by atoms with Gasteiger partial charge in [-0.1, -0.05) is 32.0 Å². The first kappa shape index (κ1) is 17.5. The van der Waals surface area contributed by atoms with Crippen LogP contribution in [0.2, 0.25) is 0 Å². The van der Waals surface area contributed by atoms with Crippen LogP contribution >= 0.6 is 0 Å². The van der Waals surface area contributed by atoms with Crippen molar-refractivity contribution in [2.24, 2.45) is 17.6 Å². The van der Waals surface area contributed by atoms with Crippen LogP contribution in [0, 0.1) is 11.8 Å². The van der Waals surface area contributed by atoms with Crippen molar-refractivity contribution in [1.82, 2.24) is 5.32 Å². The Labute approximate surface area is 128 Å². The van der Waals surface area contributed by atoms with Crippen LogP contribution in [0.3, 0.4) is 0 Å². The number of benzene rings is 1. The van der Waals surface area contributed by atoms with E-state index in [2.05, 4.69) is 43.2 Å². The minimum Gasteiger partial charge on any atom is -0.375 e. The topological polar surface area (TPSA) is 58.4 Å². The number of carbonyl (C=O) groups excluding carboxylic acids is 1. The molecule has 1 aromatic rings. The summed E-state index contributed by atoms with van der Waals surface area (Å²) in [6.07, 6.45) is 1.78. The van der Waals surface area contributed by atoms with E-state index in [0.29, 0.717) is 19.0 Å². The Hall–Kier alpha value is -1.55. The number of nitrogens with two attached hydrogens (primary N) is 1. The molecular weight excluding hydrogens is 262 g/mol. The van der Waals surface area contributed by atoms with E-state index in [4.69, 9.17) is 5.73 Å². The molecule has 21 heavy (non-hydrogen) atoms. The van der Waals surface area contributed by atoms with Gasteiger partial charge in [0.2, 0.25) is 5.91 Å². The molecule has 0 aliphatic heterocycles. The van der Waals surface area contributed by atoms with Crippen molar-refractivity contribution in [3.05, 3.63) is 30.3 Å². The molecule has 0 aliphatic rings. The normalized spacial score (nSPS) is 12.2. The predicted molar refractivity (Wildman–Crippen MR) is 89.3 cm³/mol. The van der Waals surface area contributed by atoms with E-state index in [1.165, 1.54) is 5.69 Å². The highest BCUT2D eigenvalue weighted by Crippen LogP contribution is 2.12. The summed E-state index contributed by atoms with van der Waals surface area (Å²) < 4.78 is 0. The number of nitrogens with one attached hydrogen (secondary N) is 1. The standard InChI is InChI=1S/C17H29N3O/c1-14(2)12-15(13-18)17(21)19-10-7-11-20(3)16-8-5-4-6-9-16/h4-6,8-9,14-15H,7,10-13,18H2,1-3H3,(H,19,21). The average molecular weight is 291 g/mol. The van der Waals surface area contributed by atoms with Gasteiger partial charge in [-0.2, -0.15) is 0 Å². The molecule has 1 aromatic carbocycles. The summed E-state index contributed by atoms with van der Waals surface area (Å²) in [6, 6.07) is 10.3. The van der Waals surface area contributed by atoms with Crippen LogP contribution in [0.4, 0.5) is 5.69 Å². The maximum atomic E-state index is 12.0. The fourth-order valence-electron chi connectivity index (χ4n) is 2.36. The molecule has 0 radical (unpaired) electrons.